The Morgan fingerprint density at radius 3 is 2.54 bits per heavy atom. The van der Waals surface area contributed by atoms with Crippen molar-refractivity contribution in [2.75, 3.05) is 12.4 Å². The Bertz CT molecular complexity index is 256. The first-order chi connectivity index (χ1) is 5.83. The molecule has 0 aromatic carbocycles. The lowest BCUT2D eigenvalue weighted by atomic mass is 10.3. The molecule has 0 aliphatic heterocycles. The Labute approximate surface area is 77.8 Å². The van der Waals surface area contributed by atoms with Crippen LogP contribution in [0.2, 0.25) is 0 Å². The van der Waals surface area contributed by atoms with E-state index >= 15 is 0 Å². The summed E-state index contributed by atoms with van der Waals surface area (Å²) in [7, 11) is -3.93. The first-order valence-corrected chi connectivity index (χ1v) is 5.34. The molecule has 1 unspecified atom stereocenters. The number of hydrogen-bond acceptors (Lipinski definition) is 4. The Morgan fingerprint density at radius 1 is 1.62 bits per heavy atom. The van der Waals surface area contributed by atoms with Crippen molar-refractivity contribution in [1.29, 1.82) is 0 Å². The molecule has 0 spiro atoms. The molecule has 13 heavy (non-hydrogen) atoms. The van der Waals surface area contributed by atoms with E-state index in [0.29, 0.717) is 5.57 Å². The zero-order chi connectivity index (χ0) is 10.5. The highest BCUT2D eigenvalue weighted by Gasteiger charge is 2.06. The molecule has 0 aliphatic carbocycles. The van der Waals surface area contributed by atoms with E-state index in [9.17, 15) is 8.42 Å². The van der Waals surface area contributed by atoms with E-state index in [1.807, 2.05) is 0 Å². The standard InChI is InChI=1S/C7H14O5S/c1-6(2)7(8)12-4-3-5-13(9,10)11/h7-8H,1,3-5H2,2H3,(H,9,10,11). The van der Waals surface area contributed by atoms with Gasteiger partial charge in [0.05, 0.1) is 12.4 Å². The van der Waals surface area contributed by atoms with Crippen LogP contribution in [-0.4, -0.2) is 36.7 Å². The number of ether oxygens (including phenoxy) is 1. The first-order valence-electron chi connectivity index (χ1n) is 3.73. The van der Waals surface area contributed by atoms with Crippen LogP contribution in [0.1, 0.15) is 13.3 Å². The van der Waals surface area contributed by atoms with Crippen LogP contribution in [0.25, 0.3) is 0 Å². The minimum absolute atomic E-state index is 0.0633. The maximum atomic E-state index is 10.2. The molecule has 0 rings (SSSR count). The summed E-state index contributed by atoms with van der Waals surface area (Å²) in [5.74, 6) is -0.365. The van der Waals surface area contributed by atoms with Gasteiger partial charge in [0.15, 0.2) is 6.29 Å². The highest BCUT2D eigenvalue weighted by atomic mass is 32.2. The molecule has 0 fully saturated rings. The molecule has 2 N–H and O–H groups in total. The summed E-state index contributed by atoms with van der Waals surface area (Å²) in [6.07, 6.45) is -0.926. The average Bonchev–Trinajstić information content (AvgIpc) is 1.95. The molecule has 6 heteroatoms. The molecule has 5 nitrogen and oxygen atoms in total. The molecule has 78 valence electrons. The SMILES string of the molecule is C=C(C)C(O)OCCCS(=O)(=O)O. The van der Waals surface area contributed by atoms with Crippen molar-refractivity contribution in [3.8, 4) is 0 Å². The predicted octanol–water partition coefficient (Wildman–Crippen LogP) is 0.175. The number of aliphatic hydroxyl groups excluding tert-OH is 1. The van der Waals surface area contributed by atoms with E-state index in [2.05, 4.69) is 6.58 Å². The van der Waals surface area contributed by atoms with Gasteiger partial charge in [-0.1, -0.05) is 6.58 Å². The lowest BCUT2D eigenvalue weighted by molar-refractivity contribution is -0.0713. The minimum Gasteiger partial charge on any atom is -0.364 e. The third-order valence-corrected chi connectivity index (χ3v) is 2.05. The van der Waals surface area contributed by atoms with Crippen molar-refractivity contribution in [2.24, 2.45) is 0 Å². The van der Waals surface area contributed by atoms with Crippen LogP contribution in [-0.2, 0) is 14.9 Å². The van der Waals surface area contributed by atoms with Crippen LogP contribution >= 0.6 is 0 Å². The summed E-state index contributed by atoms with van der Waals surface area (Å²) in [6, 6.07) is 0. The van der Waals surface area contributed by atoms with E-state index in [-0.39, 0.29) is 18.8 Å². The highest BCUT2D eigenvalue weighted by Crippen LogP contribution is 2.00. The van der Waals surface area contributed by atoms with E-state index in [4.69, 9.17) is 14.4 Å². The van der Waals surface area contributed by atoms with Gasteiger partial charge in [-0.25, -0.2) is 0 Å². The van der Waals surface area contributed by atoms with Crippen LogP contribution in [0.15, 0.2) is 12.2 Å². The van der Waals surface area contributed by atoms with E-state index in [0.717, 1.165) is 0 Å². The van der Waals surface area contributed by atoms with Gasteiger partial charge < -0.3 is 9.84 Å². The van der Waals surface area contributed by atoms with Gasteiger partial charge in [0.1, 0.15) is 0 Å². The molecule has 0 radical (unpaired) electrons. The summed E-state index contributed by atoms with van der Waals surface area (Å²) in [5.41, 5.74) is 0.451. The van der Waals surface area contributed by atoms with Crippen LogP contribution in [0.5, 0.6) is 0 Å². The Kier molecular flexibility index (Phi) is 5.16. The fourth-order valence-electron chi connectivity index (χ4n) is 0.579. The van der Waals surface area contributed by atoms with Gasteiger partial charge in [0.2, 0.25) is 0 Å². The van der Waals surface area contributed by atoms with Gasteiger partial charge in [-0.2, -0.15) is 8.42 Å². The third kappa shape index (κ3) is 7.92. The molecular formula is C7H14O5S. The van der Waals surface area contributed by atoms with E-state index < -0.39 is 16.4 Å². The monoisotopic (exact) mass is 210 g/mol. The second-order valence-corrected chi connectivity index (χ2v) is 4.28. The normalized spacial score (nSPS) is 14.1. The average molecular weight is 210 g/mol. The molecule has 0 bridgehead atoms. The summed E-state index contributed by atoms with van der Waals surface area (Å²) in [6.45, 7) is 5.09. The fraction of sp³-hybridized carbons (Fsp3) is 0.714. The Hall–Kier alpha value is -0.430. The molecule has 0 aliphatic rings. The minimum atomic E-state index is -3.93. The van der Waals surface area contributed by atoms with Gasteiger partial charge in [0.25, 0.3) is 10.1 Å². The lowest BCUT2D eigenvalue weighted by Crippen LogP contribution is -2.15. The largest absolute Gasteiger partial charge is 0.364 e. The van der Waals surface area contributed by atoms with Gasteiger partial charge in [0, 0.05) is 0 Å². The maximum absolute atomic E-state index is 10.2. The summed E-state index contributed by atoms with van der Waals surface area (Å²) < 4.78 is 33.6. The molecule has 0 saturated carbocycles. The van der Waals surface area contributed by atoms with Gasteiger partial charge in [-0.05, 0) is 18.9 Å². The van der Waals surface area contributed by atoms with Crippen molar-refractivity contribution >= 4 is 10.1 Å². The molecular weight excluding hydrogens is 196 g/mol. The molecule has 1 atom stereocenters. The van der Waals surface area contributed by atoms with Gasteiger partial charge >= 0.3 is 0 Å². The summed E-state index contributed by atoms with van der Waals surface area (Å²) in [5, 5.41) is 9.02. The van der Waals surface area contributed by atoms with E-state index in [1.165, 1.54) is 0 Å². The Balaban J connectivity index is 3.53. The van der Waals surface area contributed by atoms with Crippen molar-refractivity contribution in [2.45, 2.75) is 19.6 Å². The lowest BCUT2D eigenvalue weighted by Gasteiger charge is -2.10. The molecule has 0 amide bonds. The van der Waals surface area contributed by atoms with Crippen molar-refractivity contribution < 1.29 is 22.8 Å². The zero-order valence-electron chi connectivity index (χ0n) is 7.43. The highest BCUT2D eigenvalue weighted by molar-refractivity contribution is 7.85. The molecule has 0 saturated heterocycles. The van der Waals surface area contributed by atoms with Crippen molar-refractivity contribution in [3.63, 3.8) is 0 Å². The van der Waals surface area contributed by atoms with Crippen LogP contribution < -0.4 is 0 Å². The molecule has 0 heterocycles. The maximum Gasteiger partial charge on any atom is 0.264 e. The fourth-order valence-corrected chi connectivity index (χ4v) is 1.06. The topological polar surface area (TPSA) is 83.8 Å². The van der Waals surface area contributed by atoms with Crippen molar-refractivity contribution in [3.05, 3.63) is 12.2 Å². The second-order valence-electron chi connectivity index (χ2n) is 2.71. The van der Waals surface area contributed by atoms with Gasteiger partial charge in [-0.15, -0.1) is 0 Å². The third-order valence-electron chi connectivity index (χ3n) is 1.24. The second kappa shape index (κ2) is 5.33. The summed E-state index contributed by atoms with van der Waals surface area (Å²) in [4.78, 5) is 0. The predicted molar refractivity (Wildman–Crippen MR) is 47.8 cm³/mol. The number of aliphatic hydroxyl groups is 1. The quantitative estimate of drug-likeness (QED) is 0.283. The van der Waals surface area contributed by atoms with Crippen LogP contribution in [0, 0.1) is 0 Å². The van der Waals surface area contributed by atoms with Crippen LogP contribution in [0.4, 0.5) is 0 Å². The zero-order valence-corrected chi connectivity index (χ0v) is 8.25. The molecule has 0 aromatic rings. The Morgan fingerprint density at radius 2 is 2.15 bits per heavy atom. The summed E-state index contributed by atoms with van der Waals surface area (Å²) >= 11 is 0. The first kappa shape index (κ1) is 12.6. The van der Waals surface area contributed by atoms with Gasteiger partial charge in [-0.3, -0.25) is 4.55 Å². The molecule has 0 aromatic heterocycles. The van der Waals surface area contributed by atoms with Crippen molar-refractivity contribution in [1.82, 2.24) is 0 Å². The smallest absolute Gasteiger partial charge is 0.264 e. The number of rotatable bonds is 6. The number of hydrogen-bond donors (Lipinski definition) is 2. The van der Waals surface area contributed by atoms with Crippen LogP contribution in [0.3, 0.4) is 0 Å². The van der Waals surface area contributed by atoms with E-state index in [1.54, 1.807) is 6.92 Å².